The highest BCUT2D eigenvalue weighted by Crippen LogP contribution is 2.31. The van der Waals surface area contributed by atoms with E-state index in [9.17, 15) is 4.79 Å². The quantitative estimate of drug-likeness (QED) is 0.786. The predicted octanol–water partition coefficient (Wildman–Crippen LogP) is 2.36. The highest BCUT2D eigenvalue weighted by atomic mass is 16.5. The van der Waals surface area contributed by atoms with E-state index >= 15 is 0 Å². The van der Waals surface area contributed by atoms with Gasteiger partial charge in [0.25, 0.3) is 0 Å². The second kappa shape index (κ2) is 7.41. The van der Waals surface area contributed by atoms with E-state index < -0.39 is 5.54 Å². The topological polar surface area (TPSA) is 64.3 Å². The average molecular weight is 282 g/mol. The monoisotopic (exact) mass is 282 g/mol. The van der Waals surface area contributed by atoms with Crippen LogP contribution in [0.5, 0.6) is 0 Å². The first-order valence-corrected chi connectivity index (χ1v) is 8.33. The molecule has 0 heterocycles. The van der Waals surface area contributed by atoms with Crippen molar-refractivity contribution in [3.63, 3.8) is 0 Å². The normalized spacial score (nSPS) is 32.1. The lowest BCUT2D eigenvalue weighted by Crippen LogP contribution is -2.59. The first kappa shape index (κ1) is 15.8. The van der Waals surface area contributed by atoms with Crippen LogP contribution in [-0.4, -0.2) is 30.7 Å². The summed E-state index contributed by atoms with van der Waals surface area (Å²) in [5.74, 6) is 0.512. The van der Waals surface area contributed by atoms with Gasteiger partial charge in [0.1, 0.15) is 5.54 Å². The smallest absolute Gasteiger partial charge is 0.237 e. The van der Waals surface area contributed by atoms with Gasteiger partial charge in [-0.25, -0.2) is 0 Å². The first-order chi connectivity index (χ1) is 9.66. The number of likely N-dealkylation sites (N-methyl/N-ethyl adjacent to an activating group) is 1. The summed E-state index contributed by atoms with van der Waals surface area (Å²) in [4.78, 5) is 11.8. The molecule has 2 saturated carbocycles. The Morgan fingerprint density at radius 3 is 2.65 bits per heavy atom. The molecule has 1 amide bonds. The van der Waals surface area contributed by atoms with Gasteiger partial charge in [-0.2, -0.15) is 0 Å². The van der Waals surface area contributed by atoms with Crippen LogP contribution in [0.25, 0.3) is 0 Å². The Morgan fingerprint density at radius 2 is 2.00 bits per heavy atom. The van der Waals surface area contributed by atoms with E-state index in [0.29, 0.717) is 0 Å². The van der Waals surface area contributed by atoms with Crippen molar-refractivity contribution in [3.8, 4) is 0 Å². The van der Waals surface area contributed by atoms with Crippen LogP contribution in [0.15, 0.2) is 0 Å². The third kappa shape index (κ3) is 3.95. The maximum atomic E-state index is 11.8. The number of primary amides is 1. The number of amides is 1. The van der Waals surface area contributed by atoms with E-state index in [1.54, 1.807) is 0 Å². The fourth-order valence-corrected chi connectivity index (χ4v) is 3.80. The van der Waals surface area contributed by atoms with Crippen LogP contribution >= 0.6 is 0 Å². The summed E-state index contributed by atoms with van der Waals surface area (Å²) in [5.41, 5.74) is 5.09. The Morgan fingerprint density at radius 1 is 1.25 bits per heavy atom. The highest BCUT2D eigenvalue weighted by molar-refractivity contribution is 5.84. The molecule has 0 aromatic carbocycles. The van der Waals surface area contributed by atoms with Gasteiger partial charge in [-0.15, -0.1) is 0 Å². The summed E-state index contributed by atoms with van der Waals surface area (Å²) in [7, 11) is 0. The Hall–Kier alpha value is -0.610. The molecular formula is C16H30N2O2. The lowest BCUT2D eigenvalue weighted by atomic mass is 9.79. The second-order valence-electron chi connectivity index (χ2n) is 6.53. The molecule has 2 aliphatic rings. The molecule has 0 bridgehead atoms. The number of ether oxygens (including phenoxy) is 1. The van der Waals surface area contributed by atoms with Crippen molar-refractivity contribution in [1.29, 1.82) is 0 Å². The summed E-state index contributed by atoms with van der Waals surface area (Å²) in [6.07, 6.45) is 10.5. The van der Waals surface area contributed by atoms with Crippen LogP contribution < -0.4 is 11.1 Å². The molecule has 2 aliphatic carbocycles. The lowest BCUT2D eigenvalue weighted by Gasteiger charge is -2.39. The van der Waals surface area contributed by atoms with Crippen molar-refractivity contribution in [2.75, 3.05) is 13.2 Å². The lowest BCUT2D eigenvalue weighted by molar-refractivity contribution is -0.128. The molecule has 0 aromatic heterocycles. The molecule has 0 aromatic rings. The number of nitrogens with two attached hydrogens (primary N) is 1. The molecule has 0 spiro atoms. The highest BCUT2D eigenvalue weighted by Gasteiger charge is 2.41. The van der Waals surface area contributed by atoms with Gasteiger partial charge in [-0.3, -0.25) is 4.79 Å². The molecule has 4 heteroatoms. The standard InChI is InChI=1S/C16H30N2O2/c1-2-18-16(15(17)19)10-6-9-14(11-16)20-12-13-7-4-3-5-8-13/h13-14,18H,2-12H2,1H3,(H2,17,19). The van der Waals surface area contributed by atoms with Crippen LogP contribution in [0.1, 0.15) is 64.7 Å². The minimum Gasteiger partial charge on any atom is -0.378 e. The maximum absolute atomic E-state index is 11.8. The molecule has 0 aliphatic heterocycles. The maximum Gasteiger partial charge on any atom is 0.237 e. The Labute approximate surface area is 122 Å². The molecule has 0 saturated heterocycles. The zero-order valence-corrected chi connectivity index (χ0v) is 12.8. The van der Waals surface area contributed by atoms with Crippen molar-refractivity contribution in [1.82, 2.24) is 5.32 Å². The molecule has 3 N–H and O–H groups in total. The summed E-state index contributed by atoms with van der Waals surface area (Å²) in [6, 6.07) is 0. The zero-order chi connectivity index (χ0) is 14.4. The van der Waals surface area contributed by atoms with E-state index in [1.165, 1.54) is 32.1 Å². The number of hydrogen-bond acceptors (Lipinski definition) is 3. The molecule has 20 heavy (non-hydrogen) atoms. The van der Waals surface area contributed by atoms with Gasteiger partial charge in [0, 0.05) is 13.0 Å². The van der Waals surface area contributed by atoms with Crippen molar-refractivity contribution in [2.45, 2.75) is 76.4 Å². The number of rotatable bonds is 6. The van der Waals surface area contributed by atoms with Crippen LogP contribution in [-0.2, 0) is 9.53 Å². The van der Waals surface area contributed by atoms with Crippen LogP contribution in [0.2, 0.25) is 0 Å². The third-order valence-electron chi connectivity index (χ3n) is 4.98. The molecule has 4 nitrogen and oxygen atoms in total. The van der Waals surface area contributed by atoms with E-state index in [4.69, 9.17) is 10.5 Å². The molecular weight excluding hydrogens is 252 g/mol. The van der Waals surface area contributed by atoms with Gasteiger partial charge in [0.2, 0.25) is 5.91 Å². The fraction of sp³-hybridized carbons (Fsp3) is 0.938. The van der Waals surface area contributed by atoms with E-state index in [-0.39, 0.29) is 12.0 Å². The number of hydrogen-bond donors (Lipinski definition) is 2. The number of carbonyl (C=O) groups excluding carboxylic acids is 1. The second-order valence-corrected chi connectivity index (χ2v) is 6.53. The van der Waals surface area contributed by atoms with E-state index in [0.717, 1.165) is 44.8 Å². The summed E-state index contributed by atoms with van der Waals surface area (Å²) in [5, 5.41) is 3.31. The average Bonchev–Trinajstić information content (AvgIpc) is 2.47. The van der Waals surface area contributed by atoms with Crippen LogP contribution in [0.4, 0.5) is 0 Å². The van der Waals surface area contributed by atoms with Crippen LogP contribution in [0, 0.1) is 5.92 Å². The number of carbonyl (C=O) groups is 1. The van der Waals surface area contributed by atoms with Gasteiger partial charge in [-0.1, -0.05) is 26.2 Å². The predicted molar refractivity (Wildman–Crippen MR) is 80.4 cm³/mol. The van der Waals surface area contributed by atoms with Crippen molar-refractivity contribution < 1.29 is 9.53 Å². The molecule has 2 unspecified atom stereocenters. The SMILES string of the molecule is CCNC1(C(N)=O)CCCC(OCC2CCCCC2)C1. The number of nitrogens with one attached hydrogen (secondary N) is 1. The van der Waals surface area contributed by atoms with Gasteiger partial charge < -0.3 is 15.8 Å². The summed E-state index contributed by atoms with van der Waals surface area (Å²) >= 11 is 0. The molecule has 116 valence electrons. The molecule has 2 atom stereocenters. The van der Waals surface area contributed by atoms with Gasteiger partial charge in [-0.05, 0) is 44.6 Å². The van der Waals surface area contributed by atoms with Crippen molar-refractivity contribution in [2.24, 2.45) is 11.7 Å². The molecule has 0 radical (unpaired) electrons. The summed E-state index contributed by atoms with van der Waals surface area (Å²) < 4.78 is 6.13. The minimum atomic E-state index is -0.537. The first-order valence-electron chi connectivity index (χ1n) is 8.33. The minimum absolute atomic E-state index is 0.192. The molecule has 2 rings (SSSR count). The van der Waals surface area contributed by atoms with Gasteiger partial charge in [0.05, 0.1) is 6.10 Å². The van der Waals surface area contributed by atoms with E-state index in [2.05, 4.69) is 5.32 Å². The van der Waals surface area contributed by atoms with Crippen LogP contribution in [0.3, 0.4) is 0 Å². The third-order valence-corrected chi connectivity index (χ3v) is 4.98. The van der Waals surface area contributed by atoms with Crippen molar-refractivity contribution in [3.05, 3.63) is 0 Å². The largest absolute Gasteiger partial charge is 0.378 e. The summed E-state index contributed by atoms with van der Waals surface area (Å²) in [6.45, 7) is 3.67. The zero-order valence-electron chi connectivity index (χ0n) is 12.8. The Bertz CT molecular complexity index is 312. The Kier molecular flexibility index (Phi) is 5.85. The Balaban J connectivity index is 1.84. The molecule has 2 fully saturated rings. The van der Waals surface area contributed by atoms with Crippen molar-refractivity contribution >= 4 is 5.91 Å². The van der Waals surface area contributed by atoms with E-state index in [1.807, 2.05) is 6.92 Å². The van der Waals surface area contributed by atoms with Gasteiger partial charge >= 0.3 is 0 Å². The fourth-order valence-electron chi connectivity index (χ4n) is 3.80. The van der Waals surface area contributed by atoms with Gasteiger partial charge in [0.15, 0.2) is 0 Å².